The fourth-order valence-electron chi connectivity index (χ4n) is 2.16. The monoisotopic (exact) mass is 141 g/mol. The number of hydrogen-bond acceptors (Lipinski definition) is 2. The normalized spacial score (nSPS) is 47.1. The first-order chi connectivity index (χ1) is 4.86. The number of fused-ring (bicyclic) bond motifs is 2. The third-order valence-corrected chi connectivity index (χ3v) is 2.79. The zero-order valence-electron chi connectivity index (χ0n) is 6.21. The van der Waals surface area contributed by atoms with Gasteiger partial charge >= 0.3 is 0 Å². The van der Waals surface area contributed by atoms with Crippen molar-refractivity contribution in [3.05, 3.63) is 0 Å². The van der Waals surface area contributed by atoms with Crippen LogP contribution in [0, 0.1) is 0 Å². The van der Waals surface area contributed by atoms with E-state index in [1.165, 1.54) is 25.7 Å². The van der Waals surface area contributed by atoms with Gasteiger partial charge in [0.05, 0.1) is 6.10 Å². The van der Waals surface area contributed by atoms with E-state index in [2.05, 4.69) is 5.32 Å². The topological polar surface area (TPSA) is 32.3 Å². The van der Waals surface area contributed by atoms with Crippen molar-refractivity contribution in [2.75, 3.05) is 0 Å². The summed E-state index contributed by atoms with van der Waals surface area (Å²) in [7, 11) is 0. The van der Waals surface area contributed by atoms with E-state index in [1.807, 2.05) is 0 Å². The smallest absolute Gasteiger partial charge is 0.0693 e. The maximum Gasteiger partial charge on any atom is 0.0693 e. The lowest BCUT2D eigenvalue weighted by molar-refractivity contribution is 0.0571. The number of piperidine rings is 2. The first kappa shape index (κ1) is 6.62. The minimum atomic E-state index is -0.0588. The van der Waals surface area contributed by atoms with Crippen molar-refractivity contribution in [3.63, 3.8) is 0 Å². The molecule has 0 amide bonds. The molecule has 10 heavy (non-hydrogen) atoms. The lowest BCUT2D eigenvalue weighted by atomic mass is 9.85. The lowest BCUT2D eigenvalue weighted by Crippen LogP contribution is -2.52. The summed E-state index contributed by atoms with van der Waals surface area (Å²) in [4.78, 5) is 0. The summed E-state index contributed by atoms with van der Waals surface area (Å²) in [6.45, 7) is 0. The van der Waals surface area contributed by atoms with Crippen LogP contribution in [0.5, 0.6) is 0 Å². The molecule has 2 aliphatic heterocycles. The van der Waals surface area contributed by atoms with Gasteiger partial charge in [0, 0.05) is 12.1 Å². The van der Waals surface area contributed by atoms with Crippen molar-refractivity contribution in [1.29, 1.82) is 0 Å². The van der Waals surface area contributed by atoms with E-state index in [0.29, 0.717) is 6.04 Å². The molecule has 0 aromatic carbocycles. The van der Waals surface area contributed by atoms with Crippen LogP contribution in [0.2, 0.25) is 0 Å². The second-order valence-electron chi connectivity index (χ2n) is 3.55. The van der Waals surface area contributed by atoms with Crippen molar-refractivity contribution < 1.29 is 5.11 Å². The van der Waals surface area contributed by atoms with E-state index in [0.717, 1.165) is 12.5 Å². The highest BCUT2D eigenvalue weighted by Gasteiger charge is 2.30. The maximum atomic E-state index is 9.46. The van der Waals surface area contributed by atoms with E-state index in [1.54, 1.807) is 0 Å². The van der Waals surface area contributed by atoms with Gasteiger partial charge in [0.15, 0.2) is 0 Å². The standard InChI is InChI=1S/C8H15NO/c10-8-5-4-6-2-1-3-7(8)9-6/h6-10H,1-5H2/t6-,7+,8+/m0/s1. The Hall–Kier alpha value is -0.0800. The van der Waals surface area contributed by atoms with Crippen molar-refractivity contribution >= 4 is 0 Å². The van der Waals surface area contributed by atoms with E-state index in [-0.39, 0.29) is 6.10 Å². The molecular formula is C8H15NO. The molecule has 2 heterocycles. The Morgan fingerprint density at radius 2 is 2.00 bits per heavy atom. The lowest BCUT2D eigenvalue weighted by Gasteiger charge is -2.39. The van der Waals surface area contributed by atoms with Crippen LogP contribution in [-0.2, 0) is 0 Å². The molecule has 0 saturated carbocycles. The Bertz CT molecular complexity index is 124. The highest BCUT2D eigenvalue weighted by atomic mass is 16.3. The molecule has 0 radical (unpaired) electrons. The van der Waals surface area contributed by atoms with Crippen LogP contribution in [0.3, 0.4) is 0 Å². The number of aliphatic hydroxyl groups excluding tert-OH is 1. The van der Waals surface area contributed by atoms with Gasteiger partial charge in [0.25, 0.3) is 0 Å². The predicted molar refractivity (Wildman–Crippen MR) is 39.8 cm³/mol. The van der Waals surface area contributed by atoms with Crippen LogP contribution >= 0.6 is 0 Å². The van der Waals surface area contributed by atoms with Crippen LogP contribution < -0.4 is 5.32 Å². The molecule has 0 unspecified atom stereocenters. The molecule has 0 aromatic heterocycles. The Kier molecular flexibility index (Phi) is 1.66. The maximum absolute atomic E-state index is 9.46. The quantitative estimate of drug-likeness (QED) is 0.519. The van der Waals surface area contributed by atoms with Gasteiger partial charge in [-0.15, -0.1) is 0 Å². The summed E-state index contributed by atoms with van der Waals surface area (Å²) >= 11 is 0. The molecule has 2 saturated heterocycles. The summed E-state index contributed by atoms with van der Waals surface area (Å²) in [6.07, 6.45) is 5.94. The van der Waals surface area contributed by atoms with Crippen LogP contribution in [0.1, 0.15) is 32.1 Å². The summed E-state index contributed by atoms with van der Waals surface area (Å²) in [6, 6.07) is 1.15. The molecule has 2 heteroatoms. The molecule has 2 nitrogen and oxygen atoms in total. The highest BCUT2D eigenvalue weighted by Crippen LogP contribution is 2.25. The Morgan fingerprint density at radius 1 is 1.10 bits per heavy atom. The van der Waals surface area contributed by atoms with Gasteiger partial charge in [0.2, 0.25) is 0 Å². The molecule has 2 N–H and O–H groups in total. The number of aliphatic hydroxyl groups is 1. The van der Waals surface area contributed by atoms with Gasteiger partial charge in [-0.3, -0.25) is 0 Å². The van der Waals surface area contributed by atoms with E-state index in [4.69, 9.17) is 0 Å². The largest absolute Gasteiger partial charge is 0.392 e. The second kappa shape index (κ2) is 2.51. The molecular weight excluding hydrogens is 126 g/mol. The fourth-order valence-corrected chi connectivity index (χ4v) is 2.16. The van der Waals surface area contributed by atoms with Gasteiger partial charge in [0.1, 0.15) is 0 Å². The Balaban J connectivity index is 2.00. The molecule has 3 atom stereocenters. The molecule has 0 spiro atoms. The van der Waals surface area contributed by atoms with E-state index in [9.17, 15) is 5.11 Å². The Morgan fingerprint density at radius 3 is 2.80 bits per heavy atom. The van der Waals surface area contributed by atoms with Crippen LogP contribution in [-0.4, -0.2) is 23.3 Å². The van der Waals surface area contributed by atoms with Crippen molar-refractivity contribution in [1.82, 2.24) is 5.32 Å². The minimum Gasteiger partial charge on any atom is -0.392 e. The molecule has 0 aromatic rings. The molecule has 2 fully saturated rings. The third-order valence-electron chi connectivity index (χ3n) is 2.79. The van der Waals surface area contributed by atoms with Gasteiger partial charge in [-0.25, -0.2) is 0 Å². The predicted octanol–water partition coefficient (Wildman–Crippen LogP) is 0.652. The summed E-state index contributed by atoms with van der Waals surface area (Å²) in [5.74, 6) is 0. The van der Waals surface area contributed by atoms with Gasteiger partial charge < -0.3 is 10.4 Å². The number of hydrogen-bond donors (Lipinski definition) is 2. The van der Waals surface area contributed by atoms with Crippen LogP contribution in [0.15, 0.2) is 0 Å². The SMILES string of the molecule is O[C@@H]1CC[C@@H]2CCC[C@H]1N2. The van der Waals surface area contributed by atoms with Crippen LogP contribution in [0.25, 0.3) is 0 Å². The minimum absolute atomic E-state index is 0.0588. The number of nitrogens with one attached hydrogen (secondary N) is 1. The summed E-state index contributed by atoms with van der Waals surface area (Å²) in [5, 5.41) is 12.9. The average Bonchev–Trinajstić information content (AvgIpc) is 1.99. The van der Waals surface area contributed by atoms with E-state index < -0.39 is 0 Å². The van der Waals surface area contributed by atoms with Crippen molar-refractivity contribution in [2.45, 2.75) is 50.3 Å². The zero-order valence-corrected chi connectivity index (χ0v) is 6.21. The first-order valence-electron chi connectivity index (χ1n) is 4.30. The molecule has 2 rings (SSSR count). The molecule has 2 bridgehead atoms. The van der Waals surface area contributed by atoms with Crippen LogP contribution in [0.4, 0.5) is 0 Å². The first-order valence-corrected chi connectivity index (χ1v) is 4.30. The second-order valence-corrected chi connectivity index (χ2v) is 3.55. The van der Waals surface area contributed by atoms with Crippen molar-refractivity contribution in [2.24, 2.45) is 0 Å². The summed E-state index contributed by atoms with van der Waals surface area (Å²) < 4.78 is 0. The number of rotatable bonds is 0. The van der Waals surface area contributed by atoms with Gasteiger partial charge in [-0.05, 0) is 25.7 Å². The average molecular weight is 141 g/mol. The molecule has 0 aliphatic carbocycles. The molecule has 58 valence electrons. The Labute approximate surface area is 61.6 Å². The van der Waals surface area contributed by atoms with Gasteiger partial charge in [-0.1, -0.05) is 6.42 Å². The van der Waals surface area contributed by atoms with Crippen molar-refractivity contribution in [3.8, 4) is 0 Å². The van der Waals surface area contributed by atoms with E-state index >= 15 is 0 Å². The summed E-state index contributed by atoms with van der Waals surface area (Å²) in [5.41, 5.74) is 0. The zero-order chi connectivity index (χ0) is 6.97. The highest BCUT2D eigenvalue weighted by molar-refractivity contribution is 4.90. The van der Waals surface area contributed by atoms with Gasteiger partial charge in [-0.2, -0.15) is 0 Å². The fraction of sp³-hybridized carbons (Fsp3) is 1.00. The molecule has 2 aliphatic rings. The third kappa shape index (κ3) is 1.06.